The molecule has 0 saturated carbocycles. The first-order valence-corrected chi connectivity index (χ1v) is 7.45. The largest absolute Gasteiger partial charge is 0.296 e. The Balaban J connectivity index is 1.97. The summed E-state index contributed by atoms with van der Waals surface area (Å²) in [5, 5.41) is 5.64. The van der Waals surface area contributed by atoms with Gasteiger partial charge in [0.15, 0.2) is 6.29 Å². The van der Waals surface area contributed by atoms with E-state index < -0.39 is 0 Å². The van der Waals surface area contributed by atoms with Crippen molar-refractivity contribution in [2.45, 2.75) is 6.54 Å². The van der Waals surface area contributed by atoms with E-state index in [1.54, 1.807) is 22.9 Å². The molecule has 0 unspecified atom stereocenters. The van der Waals surface area contributed by atoms with E-state index in [0.29, 0.717) is 22.3 Å². The zero-order chi connectivity index (χ0) is 15.5. The molecule has 110 valence electrons. The minimum Gasteiger partial charge on any atom is -0.296 e. The quantitative estimate of drug-likeness (QED) is 0.649. The first kappa shape index (κ1) is 14.8. The summed E-state index contributed by atoms with van der Waals surface area (Å²) in [6.45, 7) is 0.414. The number of rotatable bonds is 4. The number of hydrogen-bond acceptors (Lipinski definition) is 2. The monoisotopic (exact) mass is 330 g/mol. The molecule has 3 rings (SSSR count). The summed E-state index contributed by atoms with van der Waals surface area (Å²) in [6, 6.07) is 16.8. The van der Waals surface area contributed by atoms with Crippen LogP contribution in [0.2, 0.25) is 10.0 Å². The van der Waals surface area contributed by atoms with Gasteiger partial charge >= 0.3 is 0 Å². The van der Waals surface area contributed by atoms with Crippen molar-refractivity contribution in [3.63, 3.8) is 0 Å². The smallest absolute Gasteiger partial charge is 0.168 e. The van der Waals surface area contributed by atoms with E-state index in [2.05, 4.69) is 5.10 Å². The van der Waals surface area contributed by atoms with E-state index in [-0.39, 0.29) is 0 Å². The van der Waals surface area contributed by atoms with E-state index in [9.17, 15) is 4.79 Å². The summed E-state index contributed by atoms with van der Waals surface area (Å²) in [5.74, 6) is 0. The van der Waals surface area contributed by atoms with Crippen molar-refractivity contribution in [3.05, 3.63) is 75.9 Å². The van der Waals surface area contributed by atoms with Crippen LogP contribution in [0.4, 0.5) is 0 Å². The molecule has 0 radical (unpaired) electrons. The first-order valence-electron chi connectivity index (χ1n) is 6.70. The summed E-state index contributed by atoms with van der Waals surface area (Å²) in [7, 11) is 0. The maximum absolute atomic E-state index is 11.3. The van der Waals surface area contributed by atoms with E-state index in [1.165, 1.54) is 0 Å². The van der Waals surface area contributed by atoms with Crippen molar-refractivity contribution in [3.8, 4) is 11.3 Å². The van der Waals surface area contributed by atoms with Crippen LogP contribution in [0.15, 0.2) is 54.6 Å². The van der Waals surface area contributed by atoms with Crippen LogP contribution in [0.1, 0.15) is 16.1 Å². The Hall–Kier alpha value is -2.10. The second-order valence-electron chi connectivity index (χ2n) is 4.83. The Morgan fingerprint density at radius 1 is 1.05 bits per heavy atom. The Kier molecular flexibility index (Phi) is 4.27. The van der Waals surface area contributed by atoms with E-state index >= 15 is 0 Å². The topological polar surface area (TPSA) is 34.9 Å². The van der Waals surface area contributed by atoms with Crippen molar-refractivity contribution >= 4 is 29.5 Å². The molecule has 0 atom stereocenters. The van der Waals surface area contributed by atoms with Gasteiger partial charge in [0.25, 0.3) is 0 Å². The SMILES string of the molecule is O=Cc1cc(-c2ccccc2)nn1Cc1ccc(Cl)cc1Cl. The van der Waals surface area contributed by atoms with Crippen LogP contribution in [0.3, 0.4) is 0 Å². The highest BCUT2D eigenvalue weighted by Crippen LogP contribution is 2.23. The van der Waals surface area contributed by atoms with Gasteiger partial charge in [-0.3, -0.25) is 9.48 Å². The molecule has 0 aliphatic heterocycles. The number of aromatic nitrogens is 2. The number of halogens is 2. The fourth-order valence-electron chi connectivity index (χ4n) is 2.21. The van der Waals surface area contributed by atoms with Crippen LogP contribution in [-0.4, -0.2) is 16.1 Å². The van der Waals surface area contributed by atoms with Crippen molar-refractivity contribution in [2.75, 3.05) is 0 Å². The average Bonchev–Trinajstić information content (AvgIpc) is 2.94. The van der Waals surface area contributed by atoms with Crippen LogP contribution in [0.25, 0.3) is 11.3 Å². The third kappa shape index (κ3) is 3.06. The highest BCUT2D eigenvalue weighted by Gasteiger charge is 2.11. The molecule has 5 heteroatoms. The van der Waals surface area contributed by atoms with Gasteiger partial charge in [0, 0.05) is 15.6 Å². The van der Waals surface area contributed by atoms with Gasteiger partial charge in [-0.25, -0.2) is 0 Å². The Morgan fingerprint density at radius 3 is 2.50 bits per heavy atom. The molecule has 0 bridgehead atoms. The maximum Gasteiger partial charge on any atom is 0.168 e. The standard InChI is InChI=1S/C17H12Cl2N2O/c18-14-7-6-13(16(19)8-14)10-21-15(11-22)9-17(20-21)12-4-2-1-3-5-12/h1-9,11H,10H2. The summed E-state index contributed by atoms with van der Waals surface area (Å²) in [6.07, 6.45) is 0.795. The Morgan fingerprint density at radius 2 is 1.82 bits per heavy atom. The van der Waals surface area contributed by atoms with Crippen molar-refractivity contribution in [1.82, 2.24) is 9.78 Å². The molecule has 2 aromatic carbocycles. The number of nitrogens with zero attached hydrogens (tertiary/aromatic N) is 2. The van der Waals surface area contributed by atoms with Gasteiger partial charge in [-0.2, -0.15) is 5.10 Å². The van der Waals surface area contributed by atoms with Gasteiger partial charge in [-0.1, -0.05) is 59.6 Å². The first-order chi connectivity index (χ1) is 10.7. The lowest BCUT2D eigenvalue weighted by molar-refractivity contribution is 0.111. The number of benzene rings is 2. The molecule has 0 aliphatic carbocycles. The molecular formula is C17H12Cl2N2O. The average molecular weight is 331 g/mol. The van der Waals surface area contributed by atoms with Crippen molar-refractivity contribution < 1.29 is 4.79 Å². The Bertz CT molecular complexity index is 813. The van der Waals surface area contributed by atoms with Crippen molar-refractivity contribution in [1.29, 1.82) is 0 Å². The van der Waals surface area contributed by atoms with E-state index in [4.69, 9.17) is 23.2 Å². The van der Waals surface area contributed by atoms with Gasteiger partial charge in [-0.15, -0.1) is 0 Å². The molecule has 0 saturated heterocycles. The van der Waals surface area contributed by atoms with Gasteiger partial charge in [-0.05, 0) is 23.8 Å². The van der Waals surface area contributed by atoms with E-state index in [1.807, 2.05) is 36.4 Å². The van der Waals surface area contributed by atoms with Gasteiger partial charge < -0.3 is 0 Å². The molecular weight excluding hydrogens is 319 g/mol. The predicted molar refractivity (Wildman–Crippen MR) is 88.6 cm³/mol. The molecule has 3 aromatic rings. The van der Waals surface area contributed by atoms with Crippen LogP contribution < -0.4 is 0 Å². The summed E-state index contributed by atoms with van der Waals surface area (Å²) < 4.78 is 1.64. The summed E-state index contributed by atoms with van der Waals surface area (Å²) in [4.78, 5) is 11.3. The number of carbonyl (C=O) groups is 1. The number of carbonyl (C=O) groups excluding carboxylic acids is 1. The second-order valence-corrected chi connectivity index (χ2v) is 5.68. The van der Waals surface area contributed by atoms with Gasteiger partial charge in [0.05, 0.1) is 12.2 Å². The maximum atomic E-state index is 11.3. The fraction of sp³-hybridized carbons (Fsp3) is 0.0588. The van der Waals surface area contributed by atoms with Crippen molar-refractivity contribution in [2.24, 2.45) is 0 Å². The molecule has 0 amide bonds. The molecule has 0 spiro atoms. The van der Waals surface area contributed by atoms with Gasteiger partial charge in [0.1, 0.15) is 5.69 Å². The molecule has 0 fully saturated rings. The highest BCUT2D eigenvalue weighted by molar-refractivity contribution is 6.35. The molecule has 0 aliphatic rings. The minimum absolute atomic E-state index is 0.414. The summed E-state index contributed by atoms with van der Waals surface area (Å²) >= 11 is 12.1. The molecule has 0 N–H and O–H groups in total. The predicted octanol–water partition coefficient (Wildman–Crippen LogP) is 4.72. The second kappa shape index (κ2) is 6.34. The Labute approximate surface area is 138 Å². The lowest BCUT2D eigenvalue weighted by atomic mass is 10.1. The summed E-state index contributed by atoms with van der Waals surface area (Å²) in [5.41, 5.74) is 3.08. The molecule has 3 nitrogen and oxygen atoms in total. The molecule has 22 heavy (non-hydrogen) atoms. The van der Waals surface area contributed by atoms with Crippen LogP contribution in [0, 0.1) is 0 Å². The lowest BCUT2D eigenvalue weighted by Crippen LogP contribution is -2.06. The fourth-order valence-corrected chi connectivity index (χ4v) is 2.68. The normalized spacial score (nSPS) is 10.6. The molecule has 1 heterocycles. The third-order valence-electron chi connectivity index (χ3n) is 3.34. The van der Waals surface area contributed by atoms with E-state index in [0.717, 1.165) is 23.1 Å². The van der Waals surface area contributed by atoms with Crippen LogP contribution in [-0.2, 0) is 6.54 Å². The molecule has 1 aromatic heterocycles. The van der Waals surface area contributed by atoms with Crippen LogP contribution >= 0.6 is 23.2 Å². The highest BCUT2D eigenvalue weighted by atomic mass is 35.5. The minimum atomic E-state index is 0.414. The third-order valence-corrected chi connectivity index (χ3v) is 3.92. The lowest BCUT2D eigenvalue weighted by Gasteiger charge is -2.06. The number of hydrogen-bond donors (Lipinski definition) is 0. The van der Waals surface area contributed by atoms with Gasteiger partial charge in [0.2, 0.25) is 0 Å². The zero-order valence-corrected chi connectivity index (χ0v) is 13.1. The van der Waals surface area contributed by atoms with Crippen LogP contribution in [0.5, 0.6) is 0 Å². The number of aldehydes is 1. The zero-order valence-electron chi connectivity index (χ0n) is 11.5.